The highest BCUT2D eigenvalue weighted by Crippen LogP contribution is 2.03. The molecule has 0 aliphatic carbocycles. The monoisotopic (exact) mass is 243 g/mol. The molecule has 0 aromatic rings. The van der Waals surface area contributed by atoms with Crippen LogP contribution < -0.4 is 0 Å². The van der Waals surface area contributed by atoms with Crippen LogP contribution in [0.1, 0.15) is 47.0 Å². The topological polar surface area (TPSA) is 29.5 Å². The van der Waals surface area contributed by atoms with Gasteiger partial charge in [0.05, 0.1) is 0 Å². The minimum Gasteiger partial charge on any atom is -0.381 e. The molecule has 0 spiro atoms. The maximum absolute atomic E-state index is 11.6. The minimum atomic E-state index is 0.0898. The molecule has 0 heterocycles. The Morgan fingerprint density at radius 2 is 1.71 bits per heavy atom. The molecule has 0 radical (unpaired) electrons. The van der Waals surface area contributed by atoms with E-state index < -0.39 is 0 Å². The van der Waals surface area contributed by atoms with Gasteiger partial charge in [0.25, 0.3) is 0 Å². The van der Waals surface area contributed by atoms with Gasteiger partial charge in [0, 0.05) is 32.7 Å². The van der Waals surface area contributed by atoms with Crippen molar-refractivity contribution in [3.8, 4) is 0 Å². The molecule has 1 amide bonds. The molecule has 0 aliphatic heterocycles. The van der Waals surface area contributed by atoms with Crippen LogP contribution in [-0.2, 0) is 9.53 Å². The Bertz CT molecular complexity index is 202. The van der Waals surface area contributed by atoms with Crippen LogP contribution in [0.15, 0.2) is 0 Å². The SMILES string of the molecule is CC(C)CCCOCCCN(C)C(=O)C(C)C. The van der Waals surface area contributed by atoms with Gasteiger partial charge in [0.15, 0.2) is 0 Å². The molecule has 102 valence electrons. The normalized spacial score (nSPS) is 11.2. The van der Waals surface area contributed by atoms with Crippen molar-refractivity contribution in [2.24, 2.45) is 11.8 Å². The van der Waals surface area contributed by atoms with E-state index >= 15 is 0 Å². The summed E-state index contributed by atoms with van der Waals surface area (Å²) < 4.78 is 5.54. The Kier molecular flexibility index (Phi) is 9.14. The van der Waals surface area contributed by atoms with E-state index in [-0.39, 0.29) is 11.8 Å². The predicted molar refractivity (Wildman–Crippen MR) is 72.0 cm³/mol. The van der Waals surface area contributed by atoms with Crippen molar-refractivity contribution in [1.82, 2.24) is 4.90 Å². The number of rotatable bonds is 9. The second-order valence-corrected chi connectivity index (χ2v) is 5.42. The molecule has 3 nitrogen and oxygen atoms in total. The van der Waals surface area contributed by atoms with Gasteiger partial charge in [-0.15, -0.1) is 0 Å². The van der Waals surface area contributed by atoms with Gasteiger partial charge in [-0.05, 0) is 25.2 Å². The van der Waals surface area contributed by atoms with Crippen LogP contribution in [0, 0.1) is 11.8 Å². The highest BCUT2D eigenvalue weighted by molar-refractivity contribution is 5.77. The number of amides is 1. The van der Waals surface area contributed by atoms with Crippen molar-refractivity contribution < 1.29 is 9.53 Å². The predicted octanol–water partition coefficient (Wildman–Crippen LogP) is 2.94. The molecular weight excluding hydrogens is 214 g/mol. The average Bonchev–Trinajstić information content (AvgIpc) is 2.25. The van der Waals surface area contributed by atoms with Crippen LogP contribution in [0.4, 0.5) is 0 Å². The number of nitrogens with zero attached hydrogens (tertiary/aromatic N) is 1. The summed E-state index contributed by atoms with van der Waals surface area (Å²) in [5.41, 5.74) is 0. The lowest BCUT2D eigenvalue weighted by molar-refractivity contribution is -0.133. The van der Waals surface area contributed by atoms with Gasteiger partial charge in [-0.1, -0.05) is 27.7 Å². The van der Waals surface area contributed by atoms with Crippen molar-refractivity contribution in [2.45, 2.75) is 47.0 Å². The summed E-state index contributed by atoms with van der Waals surface area (Å²) in [6.45, 7) is 10.7. The van der Waals surface area contributed by atoms with Crippen molar-refractivity contribution in [2.75, 3.05) is 26.8 Å². The molecule has 0 aliphatic rings. The Morgan fingerprint density at radius 1 is 1.12 bits per heavy atom. The lowest BCUT2D eigenvalue weighted by atomic mass is 10.1. The molecule has 0 aromatic carbocycles. The molecular formula is C14H29NO2. The fourth-order valence-electron chi connectivity index (χ4n) is 1.65. The highest BCUT2D eigenvalue weighted by atomic mass is 16.5. The first-order valence-corrected chi connectivity index (χ1v) is 6.77. The van der Waals surface area contributed by atoms with Gasteiger partial charge in [-0.2, -0.15) is 0 Å². The number of ether oxygens (including phenoxy) is 1. The number of hydrogen-bond donors (Lipinski definition) is 0. The molecule has 0 bridgehead atoms. The van der Waals surface area contributed by atoms with Gasteiger partial charge >= 0.3 is 0 Å². The third-order valence-corrected chi connectivity index (χ3v) is 2.72. The Morgan fingerprint density at radius 3 is 2.24 bits per heavy atom. The van der Waals surface area contributed by atoms with E-state index in [1.165, 1.54) is 6.42 Å². The standard InChI is InChI=1S/C14H29NO2/c1-12(2)8-6-10-17-11-7-9-15(5)14(16)13(3)4/h12-13H,6-11H2,1-5H3. The maximum atomic E-state index is 11.6. The lowest BCUT2D eigenvalue weighted by Crippen LogP contribution is -2.31. The maximum Gasteiger partial charge on any atom is 0.224 e. The number of carbonyl (C=O) groups excluding carboxylic acids is 1. The van der Waals surface area contributed by atoms with E-state index in [0.717, 1.165) is 38.5 Å². The molecule has 0 saturated carbocycles. The van der Waals surface area contributed by atoms with Crippen LogP contribution in [0.25, 0.3) is 0 Å². The van der Waals surface area contributed by atoms with Crippen molar-refractivity contribution in [3.63, 3.8) is 0 Å². The molecule has 0 aromatic heterocycles. The van der Waals surface area contributed by atoms with E-state index in [2.05, 4.69) is 13.8 Å². The molecule has 0 N–H and O–H groups in total. The van der Waals surface area contributed by atoms with Gasteiger partial charge in [0.1, 0.15) is 0 Å². The summed E-state index contributed by atoms with van der Waals surface area (Å²) in [5, 5.41) is 0. The lowest BCUT2D eigenvalue weighted by Gasteiger charge is -2.19. The minimum absolute atomic E-state index is 0.0898. The van der Waals surface area contributed by atoms with Gasteiger partial charge in [-0.25, -0.2) is 0 Å². The number of carbonyl (C=O) groups is 1. The van der Waals surface area contributed by atoms with Gasteiger partial charge in [0.2, 0.25) is 5.91 Å². The zero-order valence-electron chi connectivity index (χ0n) is 12.2. The van der Waals surface area contributed by atoms with E-state index in [9.17, 15) is 4.79 Å². The summed E-state index contributed by atoms with van der Waals surface area (Å²) in [5.74, 6) is 1.06. The average molecular weight is 243 g/mol. The van der Waals surface area contributed by atoms with Crippen molar-refractivity contribution in [1.29, 1.82) is 0 Å². The van der Waals surface area contributed by atoms with Crippen molar-refractivity contribution >= 4 is 5.91 Å². The fourth-order valence-corrected chi connectivity index (χ4v) is 1.65. The first-order chi connectivity index (χ1) is 7.95. The second kappa shape index (κ2) is 9.46. The third kappa shape index (κ3) is 9.16. The third-order valence-electron chi connectivity index (χ3n) is 2.72. The van der Waals surface area contributed by atoms with Crippen LogP contribution in [0.2, 0.25) is 0 Å². The fraction of sp³-hybridized carbons (Fsp3) is 0.929. The van der Waals surface area contributed by atoms with E-state index in [1.807, 2.05) is 20.9 Å². The zero-order valence-corrected chi connectivity index (χ0v) is 12.2. The second-order valence-electron chi connectivity index (χ2n) is 5.42. The van der Waals surface area contributed by atoms with E-state index in [0.29, 0.717) is 0 Å². The van der Waals surface area contributed by atoms with Crippen LogP contribution in [0.5, 0.6) is 0 Å². The molecule has 0 atom stereocenters. The van der Waals surface area contributed by atoms with Gasteiger partial charge < -0.3 is 9.64 Å². The summed E-state index contributed by atoms with van der Waals surface area (Å²) >= 11 is 0. The molecule has 0 saturated heterocycles. The van der Waals surface area contributed by atoms with Gasteiger partial charge in [-0.3, -0.25) is 4.79 Å². The van der Waals surface area contributed by atoms with E-state index in [1.54, 1.807) is 4.90 Å². The Balaban J connectivity index is 3.36. The van der Waals surface area contributed by atoms with Crippen LogP contribution >= 0.6 is 0 Å². The summed E-state index contributed by atoms with van der Waals surface area (Å²) in [6.07, 6.45) is 3.29. The molecule has 0 unspecified atom stereocenters. The smallest absolute Gasteiger partial charge is 0.224 e. The van der Waals surface area contributed by atoms with Crippen LogP contribution in [-0.4, -0.2) is 37.6 Å². The molecule has 3 heteroatoms. The van der Waals surface area contributed by atoms with Crippen molar-refractivity contribution in [3.05, 3.63) is 0 Å². The largest absolute Gasteiger partial charge is 0.381 e. The first-order valence-electron chi connectivity index (χ1n) is 6.77. The Hall–Kier alpha value is -0.570. The molecule has 0 rings (SSSR count). The summed E-state index contributed by atoms with van der Waals surface area (Å²) in [6, 6.07) is 0. The molecule has 17 heavy (non-hydrogen) atoms. The zero-order chi connectivity index (χ0) is 13.3. The summed E-state index contributed by atoms with van der Waals surface area (Å²) in [7, 11) is 1.86. The molecule has 0 fully saturated rings. The van der Waals surface area contributed by atoms with Crippen LogP contribution in [0.3, 0.4) is 0 Å². The Labute approximate surface area is 107 Å². The summed E-state index contributed by atoms with van der Waals surface area (Å²) in [4.78, 5) is 13.4. The quantitative estimate of drug-likeness (QED) is 0.583. The number of hydrogen-bond acceptors (Lipinski definition) is 2. The first kappa shape index (κ1) is 16.4. The highest BCUT2D eigenvalue weighted by Gasteiger charge is 2.11. The van der Waals surface area contributed by atoms with E-state index in [4.69, 9.17) is 4.74 Å².